The Balaban J connectivity index is 2.17. The molecule has 0 unspecified atom stereocenters. The number of rotatable bonds is 4. The van der Waals surface area contributed by atoms with E-state index in [1.165, 1.54) is 18.5 Å². The summed E-state index contributed by atoms with van der Waals surface area (Å²) in [7, 11) is 0. The molecule has 2 rings (SSSR count). The molecule has 1 amide bonds. The number of carbonyl (C=O) groups excluding carboxylic acids is 1. The minimum Gasteiger partial charge on any atom is -0.444 e. The highest BCUT2D eigenvalue weighted by Gasteiger charge is 2.12. The van der Waals surface area contributed by atoms with Crippen molar-refractivity contribution in [2.24, 2.45) is 0 Å². The van der Waals surface area contributed by atoms with Gasteiger partial charge in [-0.05, 0) is 12.5 Å². The van der Waals surface area contributed by atoms with E-state index in [1.54, 1.807) is 6.07 Å². The first-order valence-corrected chi connectivity index (χ1v) is 5.63. The van der Waals surface area contributed by atoms with Crippen LogP contribution in [0.2, 0.25) is 0 Å². The van der Waals surface area contributed by atoms with E-state index in [2.05, 4.69) is 15.3 Å². The Kier molecular flexibility index (Phi) is 3.57. The highest BCUT2D eigenvalue weighted by Crippen LogP contribution is 2.16. The lowest BCUT2D eigenvalue weighted by molar-refractivity contribution is 0.0948. The summed E-state index contributed by atoms with van der Waals surface area (Å²) < 4.78 is 5.20. The zero-order valence-electron chi connectivity index (χ0n) is 9.90. The van der Waals surface area contributed by atoms with Gasteiger partial charge >= 0.3 is 0 Å². The maximum atomic E-state index is 11.6. The first-order valence-electron chi connectivity index (χ1n) is 5.63. The molecule has 2 aromatic rings. The summed E-state index contributed by atoms with van der Waals surface area (Å²) in [5.74, 6) is 0.0316. The van der Waals surface area contributed by atoms with E-state index in [0.717, 1.165) is 6.42 Å². The molecule has 0 saturated heterocycles. The predicted octanol–water partition coefficient (Wildman–Crippen LogP) is 1.17. The van der Waals surface area contributed by atoms with E-state index in [0.29, 0.717) is 18.0 Å². The zero-order valence-corrected chi connectivity index (χ0v) is 9.90. The molecule has 0 atom stereocenters. The molecule has 6 heteroatoms. The van der Waals surface area contributed by atoms with Gasteiger partial charge in [-0.25, -0.2) is 4.98 Å². The molecule has 0 aliphatic carbocycles. The molecule has 0 spiro atoms. The normalized spacial score (nSPS) is 10.3. The van der Waals surface area contributed by atoms with Gasteiger partial charge in [-0.2, -0.15) is 0 Å². The van der Waals surface area contributed by atoms with Crippen molar-refractivity contribution in [3.63, 3.8) is 0 Å². The third-order valence-electron chi connectivity index (χ3n) is 2.30. The monoisotopic (exact) mass is 247 g/mol. The molecule has 94 valence electrons. The minimum absolute atomic E-state index is 0.203. The molecule has 0 aliphatic rings. The lowest BCUT2D eigenvalue weighted by Crippen LogP contribution is -2.24. The molecule has 0 aliphatic heterocycles. The van der Waals surface area contributed by atoms with Gasteiger partial charge in [-0.1, -0.05) is 6.92 Å². The Morgan fingerprint density at radius 2 is 2.33 bits per heavy atom. The van der Waals surface area contributed by atoms with E-state index in [4.69, 9.17) is 4.42 Å². The summed E-state index contributed by atoms with van der Waals surface area (Å²) >= 11 is 0. The van der Waals surface area contributed by atoms with Crippen LogP contribution in [0.25, 0.3) is 11.5 Å². The van der Waals surface area contributed by atoms with Gasteiger partial charge in [0.1, 0.15) is 6.26 Å². The van der Waals surface area contributed by atoms with Crippen LogP contribution in [0, 0.1) is 0 Å². The standard InChI is InChI=1S/C12H13N3O3/c1-2-5-13-11(17)9-7-18-12(15-9)8-3-4-10(16)14-6-8/h3-4,6-7H,2,5H2,1H3,(H,13,17)(H,14,16). The lowest BCUT2D eigenvalue weighted by Gasteiger charge is -1.98. The number of carbonyl (C=O) groups is 1. The fourth-order valence-electron chi connectivity index (χ4n) is 1.38. The summed E-state index contributed by atoms with van der Waals surface area (Å²) in [6, 6.07) is 2.95. The number of nitrogens with one attached hydrogen (secondary N) is 2. The fourth-order valence-corrected chi connectivity index (χ4v) is 1.38. The molecule has 2 heterocycles. The molecule has 2 aromatic heterocycles. The van der Waals surface area contributed by atoms with E-state index >= 15 is 0 Å². The highest BCUT2D eigenvalue weighted by molar-refractivity contribution is 5.92. The maximum Gasteiger partial charge on any atom is 0.273 e. The number of aromatic nitrogens is 2. The van der Waals surface area contributed by atoms with Gasteiger partial charge in [0.15, 0.2) is 5.69 Å². The second kappa shape index (κ2) is 5.31. The number of pyridine rings is 1. The average molecular weight is 247 g/mol. The van der Waals surface area contributed by atoms with Crippen LogP contribution in [0.3, 0.4) is 0 Å². The van der Waals surface area contributed by atoms with Gasteiger partial charge in [0.05, 0.1) is 5.56 Å². The van der Waals surface area contributed by atoms with E-state index < -0.39 is 0 Å². The van der Waals surface area contributed by atoms with Crippen molar-refractivity contribution in [3.8, 4) is 11.5 Å². The van der Waals surface area contributed by atoms with E-state index in [1.807, 2.05) is 6.92 Å². The summed E-state index contributed by atoms with van der Waals surface area (Å²) in [4.78, 5) is 29.1. The maximum absolute atomic E-state index is 11.6. The minimum atomic E-state index is -0.267. The smallest absolute Gasteiger partial charge is 0.273 e. The topological polar surface area (TPSA) is 88.0 Å². The number of aromatic amines is 1. The number of hydrogen-bond donors (Lipinski definition) is 2. The third-order valence-corrected chi connectivity index (χ3v) is 2.30. The number of H-pyrrole nitrogens is 1. The van der Waals surface area contributed by atoms with Crippen molar-refractivity contribution >= 4 is 5.91 Å². The van der Waals surface area contributed by atoms with Crippen LogP contribution in [0.1, 0.15) is 23.8 Å². The quantitative estimate of drug-likeness (QED) is 0.848. The number of oxazole rings is 1. The van der Waals surface area contributed by atoms with Crippen molar-refractivity contribution < 1.29 is 9.21 Å². The Morgan fingerprint density at radius 3 is 3.00 bits per heavy atom. The van der Waals surface area contributed by atoms with Gasteiger partial charge in [0.25, 0.3) is 5.91 Å². The predicted molar refractivity (Wildman–Crippen MR) is 65.2 cm³/mol. The summed E-state index contributed by atoms with van der Waals surface area (Å²) in [6.45, 7) is 2.56. The Bertz CT molecular complexity index is 580. The molecule has 18 heavy (non-hydrogen) atoms. The van der Waals surface area contributed by atoms with Gasteiger partial charge in [-0.15, -0.1) is 0 Å². The molecule has 0 saturated carbocycles. The van der Waals surface area contributed by atoms with Gasteiger partial charge in [0, 0.05) is 18.8 Å². The Morgan fingerprint density at radius 1 is 1.50 bits per heavy atom. The molecular formula is C12H13N3O3. The summed E-state index contributed by atoms with van der Waals surface area (Å²) in [5.41, 5.74) is 0.639. The van der Waals surface area contributed by atoms with Crippen molar-refractivity contribution in [1.82, 2.24) is 15.3 Å². The lowest BCUT2D eigenvalue weighted by atomic mass is 10.3. The van der Waals surface area contributed by atoms with Crippen molar-refractivity contribution in [2.45, 2.75) is 13.3 Å². The molecule has 0 aromatic carbocycles. The van der Waals surface area contributed by atoms with Gasteiger partial charge < -0.3 is 14.7 Å². The molecule has 0 fully saturated rings. The number of hydrogen-bond acceptors (Lipinski definition) is 4. The largest absolute Gasteiger partial charge is 0.444 e. The second-order valence-corrected chi connectivity index (χ2v) is 3.74. The fraction of sp³-hybridized carbons (Fsp3) is 0.250. The van der Waals surface area contributed by atoms with Crippen LogP contribution < -0.4 is 10.9 Å². The summed E-state index contributed by atoms with van der Waals surface area (Å²) in [6.07, 6.45) is 3.64. The van der Waals surface area contributed by atoms with E-state index in [9.17, 15) is 9.59 Å². The zero-order chi connectivity index (χ0) is 13.0. The van der Waals surface area contributed by atoms with Crippen LogP contribution in [0.15, 0.2) is 33.8 Å². The second-order valence-electron chi connectivity index (χ2n) is 3.74. The third kappa shape index (κ3) is 2.65. The van der Waals surface area contributed by atoms with Crippen molar-refractivity contribution in [1.29, 1.82) is 0 Å². The van der Waals surface area contributed by atoms with Crippen LogP contribution in [0.4, 0.5) is 0 Å². The molecule has 2 N–H and O–H groups in total. The van der Waals surface area contributed by atoms with Crippen LogP contribution >= 0.6 is 0 Å². The van der Waals surface area contributed by atoms with Crippen LogP contribution in [0.5, 0.6) is 0 Å². The number of amides is 1. The molecular weight excluding hydrogens is 234 g/mol. The van der Waals surface area contributed by atoms with Crippen LogP contribution in [-0.2, 0) is 0 Å². The number of nitrogens with zero attached hydrogens (tertiary/aromatic N) is 1. The van der Waals surface area contributed by atoms with Gasteiger partial charge in [-0.3, -0.25) is 9.59 Å². The Labute approximate surface area is 103 Å². The molecule has 0 bridgehead atoms. The van der Waals surface area contributed by atoms with Gasteiger partial charge in [0.2, 0.25) is 11.4 Å². The molecule has 6 nitrogen and oxygen atoms in total. The van der Waals surface area contributed by atoms with Crippen molar-refractivity contribution in [3.05, 3.63) is 40.6 Å². The highest BCUT2D eigenvalue weighted by atomic mass is 16.3. The van der Waals surface area contributed by atoms with Crippen molar-refractivity contribution in [2.75, 3.05) is 6.54 Å². The Hall–Kier alpha value is -2.37. The molecule has 0 radical (unpaired) electrons. The van der Waals surface area contributed by atoms with Crippen LogP contribution in [-0.4, -0.2) is 22.4 Å². The first-order chi connectivity index (χ1) is 8.70. The first kappa shape index (κ1) is 12.1. The SMILES string of the molecule is CCCNC(=O)c1coc(-c2ccc(=O)[nH]c2)n1. The van der Waals surface area contributed by atoms with E-state index in [-0.39, 0.29) is 17.2 Å². The summed E-state index contributed by atoms with van der Waals surface area (Å²) in [5, 5.41) is 2.70. The average Bonchev–Trinajstić information content (AvgIpc) is 2.86.